The highest BCUT2D eigenvalue weighted by atomic mass is 32.1. The summed E-state index contributed by atoms with van der Waals surface area (Å²) in [6, 6.07) is 11.7. The van der Waals surface area contributed by atoms with Gasteiger partial charge in [0.15, 0.2) is 0 Å². The minimum absolute atomic E-state index is 0.192. The van der Waals surface area contributed by atoms with Gasteiger partial charge in [-0.25, -0.2) is 0 Å². The lowest BCUT2D eigenvalue weighted by atomic mass is 10.1. The Morgan fingerprint density at radius 3 is 2.83 bits per heavy atom. The van der Waals surface area contributed by atoms with E-state index < -0.39 is 0 Å². The summed E-state index contributed by atoms with van der Waals surface area (Å²) in [7, 11) is 1.77. The molecule has 1 aromatic carbocycles. The molecule has 0 saturated heterocycles. The first-order valence-electron chi connectivity index (χ1n) is 6.98. The van der Waals surface area contributed by atoms with Gasteiger partial charge in [0.05, 0.1) is 11.8 Å². The Labute approximate surface area is 137 Å². The summed E-state index contributed by atoms with van der Waals surface area (Å²) in [5, 5.41) is 15.9. The number of aryl methyl sites for hydroxylation is 2. The van der Waals surface area contributed by atoms with E-state index in [1.807, 2.05) is 31.2 Å². The summed E-state index contributed by atoms with van der Waals surface area (Å²) >= 11 is 1.43. The molecule has 5 nitrogen and oxygen atoms in total. The van der Waals surface area contributed by atoms with Crippen molar-refractivity contribution >= 4 is 22.9 Å². The number of benzene rings is 1. The van der Waals surface area contributed by atoms with Crippen molar-refractivity contribution in [1.29, 1.82) is 5.26 Å². The number of nitrogens with zero attached hydrogens (tertiary/aromatic N) is 3. The molecule has 0 saturated carbocycles. The van der Waals surface area contributed by atoms with E-state index in [0.717, 1.165) is 21.7 Å². The second kappa shape index (κ2) is 6.07. The lowest BCUT2D eigenvalue weighted by molar-refractivity contribution is 0.102. The van der Waals surface area contributed by atoms with E-state index in [-0.39, 0.29) is 5.91 Å². The molecule has 0 spiro atoms. The first-order chi connectivity index (χ1) is 11.1. The molecule has 0 bridgehead atoms. The Morgan fingerprint density at radius 2 is 2.17 bits per heavy atom. The monoisotopic (exact) mass is 322 g/mol. The molecule has 3 aromatic rings. The molecular weight excluding hydrogens is 308 g/mol. The number of carbonyl (C=O) groups excluding carboxylic acids is 1. The Hall–Kier alpha value is -2.91. The third kappa shape index (κ3) is 3.15. The van der Waals surface area contributed by atoms with Crippen LogP contribution in [0.25, 0.3) is 10.4 Å². The quantitative estimate of drug-likeness (QED) is 0.801. The van der Waals surface area contributed by atoms with E-state index in [4.69, 9.17) is 5.26 Å². The first kappa shape index (κ1) is 15.0. The topological polar surface area (TPSA) is 70.7 Å². The average molecular weight is 322 g/mol. The highest BCUT2D eigenvalue weighted by Crippen LogP contribution is 2.31. The normalized spacial score (nSPS) is 10.3. The summed E-state index contributed by atoms with van der Waals surface area (Å²) in [6.45, 7) is 1.94. The molecule has 0 aliphatic carbocycles. The lowest BCUT2D eigenvalue weighted by Gasteiger charge is -2.09. The molecule has 114 valence electrons. The fourth-order valence-corrected chi connectivity index (χ4v) is 3.00. The lowest BCUT2D eigenvalue weighted by Crippen LogP contribution is -2.12. The smallest absolute Gasteiger partial charge is 0.258 e. The molecule has 1 amide bonds. The molecule has 0 aliphatic heterocycles. The number of carbonyl (C=O) groups is 1. The third-order valence-corrected chi connectivity index (χ3v) is 4.49. The summed E-state index contributed by atoms with van der Waals surface area (Å²) in [5.74, 6) is -0.192. The van der Waals surface area contributed by atoms with Gasteiger partial charge in [-0.3, -0.25) is 9.48 Å². The fraction of sp³-hybridized carbons (Fsp3) is 0.118. The average Bonchev–Trinajstić information content (AvgIpc) is 3.18. The largest absolute Gasteiger partial charge is 0.322 e. The molecule has 0 radical (unpaired) electrons. The van der Waals surface area contributed by atoms with E-state index in [2.05, 4.69) is 16.5 Å². The van der Waals surface area contributed by atoms with Crippen LogP contribution >= 0.6 is 11.3 Å². The van der Waals surface area contributed by atoms with Crippen LogP contribution in [0.2, 0.25) is 0 Å². The molecule has 3 rings (SSSR count). The second-order valence-corrected chi connectivity index (χ2v) is 6.25. The highest BCUT2D eigenvalue weighted by Gasteiger charge is 2.11. The molecule has 6 heteroatoms. The predicted octanol–water partition coefficient (Wildman–Crippen LogP) is 3.58. The Bertz CT molecular complexity index is 917. The van der Waals surface area contributed by atoms with E-state index >= 15 is 0 Å². The zero-order chi connectivity index (χ0) is 16.4. The number of nitriles is 1. The number of hydrogen-bond acceptors (Lipinski definition) is 4. The standard InChI is InChI=1S/C17H14N4OS/c1-11-3-4-12(16-6-5-14(8-18)23-16)7-15(11)20-17(22)13-9-19-21(2)10-13/h3-7,9-10H,1-2H3,(H,20,22). The van der Waals surface area contributed by atoms with Crippen LogP contribution in [0.4, 0.5) is 5.69 Å². The van der Waals surface area contributed by atoms with Crippen molar-refractivity contribution in [2.75, 3.05) is 5.32 Å². The van der Waals surface area contributed by atoms with Crippen LogP contribution in [0, 0.1) is 18.3 Å². The number of thiophene rings is 1. The number of anilines is 1. The van der Waals surface area contributed by atoms with Crippen molar-refractivity contribution in [3.05, 3.63) is 58.7 Å². The number of rotatable bonds is 3. The molecule has 2 aromatic heterocycles. The SMILES string of the molecule is Cc1ccc(-c2ccc(C#N)s2)cc1NC(=O)c1cnn(C)c1. The maximum Gasteiger partial charge on any atom is 0.258 e. The van der Waals surface area contributed by atoms with Crippen LogP contribution in [0.3, 0.4) is 0 Å². The first-order valence-corrected chi connectivity index (χ1v) is 7.79. The predicted molar refractivity (Wildman–Crippen MR) is 90.4 cm³/mol. The number of hydrogen-bond donors (Lipinski definition) is 1. The van der Waals surface area contributed by atoms with Crippen molar-refractivity contribution < 1.29 is 4.79 Å². The molecule has 0 unspecified atom stereocenters. The third-order valence-electron chi connectivity index (χ3n) is 3.45. The van der Waals surface area contributed by atoms with Gasteiger partial charge in [-0.05, 0) is 36.2 Å². The van der Waals surface area contributed by atoms with Gasteiger partial charge in [-0.2, -0.15) is 10.4 Å². The molecule has 23 heavy (non-hydrogen) atoms. The van der Waals surface area contributed by atoms with Crippen molar-refractivity contribution in [3.8, 4) is 16.5 Å². The summed E-state index contributed by atoms with van der Waals surface area (Å²) < 4.78 is 1.59. The minimum Gasteiger partial charge on any atom is -0.322 e. The number of aromatic nitrogens is 2. The maximum absolute atomic E-state index is 12.3. The van der Waals surface area contributed by atoms with Gasteiger partial charge < -0.3 is 5.32 Å². The van der Waals surface area contributed by atoms with Gasteiger partial charge in [-0.1, -0.05) is 12.1 Å². The van der Waals surface area contributed by atoms with Gasteiger partial charge >= 0.3 is 0 Å². The van der Waals surface area contributed by atoms with E-state index in [1.54, 1.807) is 24.0 Å². The fourth-order valence-electron chi connectivity index (χ4n) is 2.20. The summed E-state index contributed by atoms with van der Waals surface area (Å²) in [4.78, 5) is 13.9. The maximum atomic E-state index is 12.3. The van der Waals surface area contributed by atoms with Gasteiger partial charge in [0.2, 0.25) is 0 Å². The van der Waals surface area contributed by atoms with Gasteiger partial charge in [-0.15, -0.1) is 11.3 Å². The van der Waals surface area contributed by atoms with Crippen molar-refractivity contribution in [2.45, 2.75) is 6.92 Å². The van der Waals surface area contributed by atoms with Crippen LogP contribution in [-0.4, -0.2) is 15.7 Å². The van der Waals surface area contributed by atoms with Crippen molar-refractivity contribution in [3.63, 3.8) is 0 Å². The van der Waals surface area contributed by atoms with Gasteiger partial charge in [0.1, 0.15) is 10.9 Å². The molecule has 0 atom stereocenters. The summed E-state index contributed by atoms with van der Waals surface area (Å²) in [6.07, 6.45) is 3.21. The van der Waals surface area contributed by atoms with Crippen LogP contribution < -0.4 is 5.32 Å². The molecule has 1 N–H and O–H groups in total. The van der Waals surface area contributed by atoms with Crippen molar-refractivity contribution in [1.82, 2.24) is 9.78 Å². The van der Waals surface area contributed by atoms with Crippen LogP contribution in [0.1, 0.15) is 20.8 Å². The minimum atomic E-state index is -0.192. The zero-order valence-corrected chi connectivity index (χ0v) is 13.5. The molecular formula is C17H14N4OS. The van der Waals surface area contributed by atoms with Crippen LogP contribution in [-0.2, 0) is 7.05 Å². The van der Waals surface area contributed by atoms with Gasteiger partial charge in [0.25, 0.3) is 5.91 Å². The van der Waals surface area contributed by atoms with Gasteiger partial charge in [0, 0.05) is 23.8 Å². The number of nitrogens with one attached hydrogen (secondary N) is 1. The van der Waals surface area contributed by atoms with Crippen LogP contribution in [0.5, 0.6) is 0 Å². The number of amides is 1. The summed E-state index contributed by atoms with van der Waals surface area (Å²) in [5.41, 5.74) is 3.22. The van der Waals surface area contributed by atoms with E-state index in [0.29, 0.717) is 10.4 Å². The van der Waals surface area contributed by atoms with Crippen molar-refractivity contribution in [2.24, 2.45) is 7.05 Å². The van der Waals surface area contributed by atoms with E-state index in [1.165, 1.54) is 17.5 Å². The van der Waals surface area contributed by atoms with Crippen LogP contribution in [0.15, 0.2) is 42.7 Å². The Morgan fingerprint density at radius 1 is 1.35 bits per heavy atom. The highest BCUT2D eigenvalue weighted by molar-refractivity contribution is 7.16. The Balaban J connectivity index is 1.89. The van der Waals surface area contributed by atoms with E-state index in [9.17, 15) is 4.79 Å². The molecule has 0 fully saturated rings. The zero-order valence-electron chi connectivity index (χ0n) is 12.7. The second-order valence-electron chi connectivity index (χ2n) is 5.16. The molecule has 2 heterocycles. The Kier molecular flexibility index (Phi) is 3.96. The molecule has 0 aliphatic rings.